The molecule has 3 heteroatoms. The van der Waals surface area contributed by atoms with Gasteiger partial charge in [-0.2, -0.15) is 0 Å². The number of carboxylic acids is 1. The molecule has 22 heavy (non-hydrogen) atoms. The number of aliphatic carboxylic acids is 1. The van der Waals surface area contributed by atoms with Gasteiger partial charge in [-0.15, -0.1) is 0 Å². The van der Waals surface area contributed by atoms with E-state index in [2.05, 4.69) is 19.1 Å². The highest BCUT2D eigenvalue weighted by Crippen LogP contribution is 2.42. The molecular weight excluding hydrogens is 276 g/mol. The van der Waals surface area contributed by atoms with Crippen LogP contribution in [0.1, 0.15) is 38.7 Å². The fourth-order valence-electron chi connectivity index (χ4n) is 3.50. The lowest BCUT2D eigenvalue weighted by atomic mass is 9.66. The molecule has 0 unspecified atom stereocenters. The van der Waals surface area contributed by atoms with Gasteiger partial charge >= 0.3 is 5.97 Å². The first-order chi connectivity index (χ1) is 10.5. The van der Waals surface area contributed by atoms with Gasteiger partial charge in [0.1, 0.15) is 0 Å². The van der Waals surface area contributed by atoms with Gasteiger partial charge in [0, 0.05) is 0 Å². The van der Waals surface area contributed by atoms with Gasteiger partial charge in [-0.25, -0.2) is 0 Å². The molecule has 0 saturated carbocycles. The zero-order valence-electron chi connectivity index (χ0n) is 13.5. The van der Waals surface area contributed by atoms with Crippen LogP contribution in [0.4, 0.5) is 0 Å². The second kappa shape index (κ2) is 7.59. The summed E-state index contributed by atoms with van der Waals surface area (Å²) in [6.45, 7) is 5.05. The first-order valence-electron chi connectivity index (χ1n) is 8.05. The minimum atomic E-state index is -0.718. The molecule has 1 aliphatic carbocycles. The summed E-state index contributed by atoms with van der Waals surface area (Å²) in [5.41, 5.74) is 0.852. The summed E-state index contributed by atoms with van der Waals surface area (Å²) in [5, 5.41) is 9.69. The molecule has 2 rings (SSSR count). The molecule has 120 valence electrons. The van der Waals surface area contributed by atoms with E-state index in [0.29, 0.717) is 13.2 Å². The second-order valence-electron chi connectivity index (χ2n) is 6.59. The monoisotopic (exact) mass is 302 g/mol. The summed E-state index contributed by atoms with van der Waals surface area (Å²) >= 11 is 0. The Labute approximate surface area is 133 Å². The molecule has 0 heterocycles. The van der Waals surface area contributed by atoms with Gasteiger partial charge in [-0.1, -0.05) is 56.3 Å². The number of carbonyl (C=O) groups is 1. The topological polar surface area (TPSA) is 46.5 Å². The number of ether oxygens (including phenoxy) is 1. The minimum absolute atomic E-state index is 0.0195. The lowest BCUT2D eigenvalue weighted by molar-refractivity contribution is -0.149. The van der Waals surface area contributed by atoms with Crippen LogP contribution in [0.15, 0.2) is 42.5 Å². The quantitative estimate of drug-likeness (QED) is 0.764. The Morgan fingerprint density at radius 3 is 2.68 bits per heavy atom. The summed E-state index contributed by atoms with van der Waals surface area (Å²) < 4.78 is 5.76. The Morgan fingerprint density at radius 2 is 2.09 bits per heavy atom. The number of carboxylic acid groups (broad SMARTS) is 1. The number of allylic oxidation sites excluding steroid dienone is 2. The number of hydrogen-bond acceptors (Lipinski definition) is 2. The highest BCUT2D eigenvalue weighted by molar-refractivity contribution is 5.72. The minimum Gasteiger partial charge on any atom is -0.481 e. The highest BCUT2D eigenvalue weighted by atomic mass is 16.5. The van der Waals surface area contributed by atoms with Gasteiger partial charge in [-0.05, 0) is 36.2 Å². The van der Waals surface area contributed by atoms with Crippen LogP contribution in [0.5, 0.6) is 0 Å². The number of hydrogen-bond donors (Lipinski definition) is 1. The molecule has 0 fully saturated rings. The zero-order chi connectivity index (χ0) is 16.0. The lowest BCUT2D eigenvalue weighted by Gasteiger charge is -2.38. The zero-order valence-corrected chi connectivity index (χ0v) is 13.5. The highest BCUT2D eigenvalue weighted by Gasteiger charge is 2.41. The van der Waals surface area contributed by atoms with Crippen molar-refractivity contribution in [3.05, 3.63) is 48.0 Å². The Kier molecular flexibility index (Phi) is 5.78. The van der Waals surface area contributed by atoms with E-state index in [1.165, 1.54) is 0 Å². The molecule has 0 radical (unpaired) electrons. The van der Waals surface area contributed by atoms with Crippen molar-refractivity contribution >= 4 is 5.97 Å². The normalized spacial score (nSPS) is 23.9. The second-order valence-corrected chi connectivity index (χ2v) is 6.59. The standard InChI is InChI=1S/C19H26O3/c1-15(13-22-14-16-9-5-3-6-10-16)17(18(20)21)19(2)11-7-4-8-12-19/h3,5-7,9-11,15,17H,4,8,12-14H2,1-2H3,(H,20,21)/t15-,17+,19+/m0/s1. The van der Waals surface area contributed by atoms with E-state index in [9.17, 15) is 9.90 Å². The van der Waals surface area contributed by atoms with Gasteiger partial charge in [0.05, 0.1) is 19.1 Å². The average Bonchev–Trinajstić information content (AvgIpc) is 2.48. The van der Waals surface area contributed by atoms with Gasteiger partial charge in [0.25, 0.3) is 0 Å². The van der Waals surface area contributed by atoms with Crippen molar-refractivity contribution in [1.82, 2.24) is 0 Å². The van der Waals surface area contributed by atoms with Crippen LogP contribution in [0.25, 0.3) is 0 Å². The van der Waals surface area contributed by atoms with Crippen LogP contribution in [-0.4, -0.2) is 17.7 Å². The maximum Gasteiger partial charge on any atom is 0.307 e. The summed E-state index contributed by atoms with van der Waals surface area (Å²) in [7, 11) is 0. The lowest BCUT2D eigenvalue weighted by Crippen LogP contribution is -2.39. The SMILES string of the molecule is C[C@@H](COCc1ccccc1)[C@H](C(=O)O)[C@]1(C)C=CCCC1. The smallest absolute Gasteiger partial charge is 0.307 e. The van der Waals surface area contributed by atoms with Crippen LogP contribution in [0.2, 0.25) is 0 Å². The van der Waals surface area contributed by atoms with Crippen LogP contribution < -0.4 is 0 Å². The largest absolute Gasteiger partial charge is 0.481 e. The van der Waals surface area contributed by atoms with Crippen LogP contribution in [-0.2, 0) is 16.1 Å². The third-order valence-electron chi connectivity index (χ3n) is 4.62. The fourth-order valence-corrected chi connectivity index (χ4v) is 3.50. The average molecular weight is 302 g/mol. The van der Waals surface area contributed by atoms with Crippen molar-refractivity contribution in [2.45, 2.75) is 39.7 Å². The van der Waals surface area contributed by atoms with E-state index in [4.69, 9.17) is 4.74 Å². The van der Waals surface area contributed by atoms with E-state index in [0.717, 1.165) is 24.8 Å². The van der Waals surface area contributed by atoms with Crippen molar-refractivity contribution in [2.75, 3.05) is 6.61 Å². The molecular formula is C19H26O3. The van der Waals surface area contributed by atoms with Gasteiger partial charge in [-0.3, -0.25) is 4.79 Å². The van der Waals surface area contributed by atoms with Gasteiger partial charge < -0.3 is 9.84 Å². The summed E-state index contributed by atoms with van der Waals surface area (Å²) in [5.74, 6) is -1.14. The van der Waals surface area contributed by atoms with Crippen molar-refractivity contribution in [1.29, 1.82) is 0 Å². The molecule has 0 spiro atoms. The summed E-state index contributed by atoms with van der Waals surface area (Å²) in [6, 6.07) is 9.98. The number of benzene rings is 1. The number of rotatable bonds is 7. The molecule has 1 aromatic rings. The molecule has 1 N–H and O–H groups in total. The maximum atomic E-state index is 11.8. The van der Waals surface area contributed by atoms with Crippen molar-refractivity contribution in [3.63, 3.8) is 0 Å². The molecule has 3 nitrogen and oxygen atoms in total. The predicted molar refractivity (Wildman–Crippen MR) is 87.5 cm³/mol. The fraction of sp³-hybridized carbons (Fsp3) is 0.526. The van der Waals surface area contributed by atoms with Gasteiger partial charge in [0.2, 0.25) is 0 Å². The first-order valence-corrected chi connectivity index (χ1v) is 8.05. The molecule has 0 bridgehead atoms. The van der Waals surface area contributed by atoms with E-state index in [1.54, 1.807) is 0 Å². The van der Waals surface area contributed by atoms with Gasteiger partial charge in [0.15, 0.2) is 0 Å². The molecule has 3 atom stereocenters. The molecule has 1 aliphatic rings. The molecule has 0 aliphatic heterocycles. The van der Waals surface area contributed by atoms with E-state index >= 15 is 0 Å². The van der Waals surface area contributed by atoms with Crippen LogP contribution in [0.3, 0.4) is 0 Å². The van der Waals surface area contributed by atoms with Crippen molar-refractivity contribution < 1.29 is 14.6 Å². The van der Waals surface area contributed by atoms with E-state index in [-0.39, 0.29) is 11.3 Å². The molecule has 0 saturated heterocycles. The molecule has 0 aromatic heterocycles. The van der Waals surface area contributed by atoms with Crippen LogP contribution in [0, 0.1) is 17.3 Å². The van der Waals surface area contributed by atoms with Crippen molar-refractivity contribution in [3.8, 4) is 0 Å². The maximum absolute atomic E-state index is 11.8. The molecule has 1 aromatic carbocycles. The molecule has 0 amide bonds. The van der Waals surface area contributed by atoms with E-state index in [1.807, 2.05) is 37.3 Å². The first kappa shape index (κ1) is 16.8. The Bertz CT molecular complexity index is 509. The summed E-state index contributed by atoms with van der Waals surface area (Å²) in [4.78, 5) is 11.8. The Morgan fingerprint density at radius 1 is 1.36 bits per heavy atom. The van der Waals surface area contributed by atoms with Crippen LogP contribution >= 0.6 is 0 Å². The third kappa shape index (κ3) is 4.20. The Balaban J connectivity index is 1.95. The summed E-state index contributed by atoms with van der Waals surface area (Å²) in [6.07, 6.45) is 7.28. The van der Waals surface area contributed by atoms with Crippen molar-refractivity contribution in [2.24, 2.45) is 17.3 Å². The Hall–Kier alpha value is -1.61. The third-order valence-corrected chi connectivity index (χ3v) is 4.62. The predicted octanol–water partition coefficient (Wildman–Crippen LogP) is 4.29. The van der Waals surface area contributed by atoms with E-state index < -0.39 is 11.9 Å².